The van der Waals surface area contributed by atoms with E-state index < -0.39 is 6.04 Å². The number of thioether (sulfide) groups is 1. The van der Waals surface area contributed by atoms with Gasteiger partial charge in [0.05, 0.1) is 5.69 Å². The number of hydrogen-bond acceptors (Lipinski definition) is 6. The topological polar surface area (TPSA) is 88.2 Å². The lowest BCUT2D eigenvalue weighted by molar-refractivity contribution is -0.118. The fourth-order valence-electron chi connectivity index (χ4n) is 2.72. The molecule has 0 radical (unpaired) electrons. The first-order chi connectivity index (χ1) is 14.6. The monoisotopic (exact) mass is 439 g/mol. The SMILES string of the molecule is CSCCC(NC(=O)c1ccc(C=O)cc1)C(=O)Nc1nc(-c2ccccc2)cs1. The van der Waals surface area contributed by atoms with Gasteiger partial charge < -0.3 is 10.6 Å². The molecule has 1 unspecified atom stereocenters. The minimum Gasteiger partial charge on any atom is -0.340 e. The molecule has 0 spiro atoms. The number of carbonyl (C=O) groups is 3. The number of thiazole rings is 1. The maximum atomic E-state index is 12.8. The third-order valence-electron chi connectivity index (χ3n) is 4.35. The molecule has 0 saturated carbocycles. The number of benzene rings is 2. The van der Waals surface area contributed by atoms with E-state index in [9.17, 15) is 14.4 Å². The number of rotatable bonds is 9. The highest BCUT2D eigenvalue weighted by atomic mass is 32.2. The van der Waals surface area contributed by atoms with Gasteiger partial charge in [-0.1, -0.05) is 42.5 Å². The molecule has 2 amide bonds. The summed E-state index contributed by atoms with van der Waals surface area (Å²) >= 11 is 2.94. The van der Waals surface area contributed by atoms with Crippen molar-refractivity contribution in [1.82, 2.24) is 10.3 Å². The van der Waals surface area contributed by atoms with Gasteiger partial charge in [0.1, 0.15) is 12.3 Å². The molecule has 2 N–H and O–H groups in total. The predicted molar refractivity (Wildman–Crippen MR) is 122 cm³/mol. The summed E-state index contributed by atoms with van der Waals surface area (Å²) in [7, 11) is 0. The Balaban J connectivity index is 1.68. The lowest BCUT2D eigenvalue weighted by Crippen LogP contribution is -2.44. The number of nitrogens with one attached hydrogen (secondary N) is 2. The van der Waals surface area contributed by atoms with E-state index in [1.165, 1.54) is 11.3 Å². The number of anilines is 1. The molecule has 0 aliphatic heterocycles. The van der Waals surface area contributed by atoms with E-state index in [1.807, 2.05) is 42.0 Å². The first kappa shape index (κ1) is 21.7. The standard InChI is InChI=1S/C22H21N3O3S2/c1-29-12-11-18(23-20(27)17-9-7-15(13-26)8-10-17)21(28)25-22-24-19(14-30-22)16-5-3-2-4-6-16/h2-10,13-14,18H,11-12H2,1H3,(H,23,27)(H,24,25,28). The summed E-state index contributed by atoms with van der Waals surface area (Å²) in [5, 5.41) is 7.97. The van der Waals surface area contributed by atoms with E-state index in [1.54, 1.807) is 36.0 Å². The molecule has 1 aromatic heterocycles. The molecule has 6 nitrogen and oxygen atoms in total. The van der Waals surface area contributed by atoms with Crippen molar-refractivity contribution >= 4 is 46.3 Å². The molecule has 3 rings (SSSR count). The maximum absolute atomic E-state index is 12.8. The normalized spacial score (nSPS) is 11.5. The van der Waals surface area contributed by atoms with Crippen molar-refractivity contribution in [3.8, 4) is 11.3 Å². The van der Waals surface area contributed by atoms with E-state index in [0.717, 1.165) is 17.0 Å². The van der Waals surface area contributed by atoms with Crippen LogP contribution in [0.5, 0.6) is 0 Å². The minimum absolute atomic E-state index is 0.309. The van der Waals surface area contributed by atoms with Crippen LogP contribution in [0.2, 0.25) is 0 Å². The molecule has 30 heavy (non-hydrogen) atoms. The molecule has 1 atom stereocenters. The second-order valence-electron chi connectivity index (χ2n) is 6.44. The van der Waals surface area contributed by atoms with Gasteiger partial charge in [0, 0.05) is 22.1 Å². The second-order valence-corrected chi connectivity index (χ2v) is 8.28. The third kappa shape index (κ3) is 5.77. The summed E-state index contributed by atoms with van der Waals surface area (Å²) < 4.78 is 0. The van der Waals surface area contributed by atoms with Crippen molar-refractivity contribution < 1.29 is 14.4 Å². The van der Waals surface area contributed by atoms with Crippen molar-refractivity contribution in [3.05, 3.63) is 71.1 Å². The Bertz CT molecular complexity index is 1000. The fourth-order valence-corrected chi connectivity index (χ4v) is 3.92. The van der Waals surface area contributed by atoms with Crippen molar-refractivity contribution in [2.45, 2.75) is 12.5 Å². The van der Waals surface area contributed by atoms with Gasteiger partial charge in [-0.25, -0.2) is 4.98 Å². The Morgan fingerprint density at radius 1 is 1.13 bits per heavy atom. The second kappa shape index (κ2) is 10.7. The van der Waals surface area contributed by atoms with E-state index in [-0.39, 0.29) is 11.8 Å². The first-order valence-corrected chi connectivity index (χ1v) is 11.5. The van der Waals surface area contributed by atoms with E-state index >= 15 is 0 Å². The Hall–Kier alpha value is -2.97. The highest BCUT2D eigenvalue weighted by Gasteiger charge is 2.22. The first-order valence-electron chi connectivity index (χ1n) is 9.27. The highest BCUT2D eigenvalue weighted by molar-refractivity contribution is 7.98. The van der Waals surface area contributed by atoms with Gasteiger partial charge in [-0.2, -0.15) is 11.8 Å². The molecular weight excluding hydrogens is 418 g/mol. The number of carbonyl (C=O) groups excluding carboxylic acids is 3. The Labute approximate surface area is 183 Å². The molecule has 3 aromatic rings. The van der Waals surface area contributed by atoms with Crippen LogP contribution in [0.1, 0.15) is 27.1 Å². The molecule has 1 heterocycles. The van der Waals surface area contributed by atoms with Crippen LogP contribution in [0.15, 0.2) is 60.0 Å². The highest BCUT2D eigenvalue weighted by Crippen LogP contribution is 2.24. The zero-order valence-electron chi connectivity index (χ0n) is 16.3. The molecule has 2 aromatic carbocycles. The van der Waals surface area contributed by atoms with E-state index in [2.05, 4.69) is 15.6 Å². The van der Waals surface area contributed by atoms with Crippen LogP contribution in [0.3, 0.4) is 0 Å². The number of hydrogen-bond donors (Lipinski definition) is 2. The number of aromatic nitrogens is 1. The van der Waals surface area contributed by atoms with Crippen LogP contribution < -0.4 is 10.6 Å². The lowest BCUT2D eigenvalue weighted by Gasteiger charge is -2.17. The molecule has 8 heteroatoms. The van der Waals surface area contributed by atoms with Crippen molar-refractivity contribution in [3.63, 3.8) is 0 Å². The molecule has 154 valence electrons. The number of aldehydes is 1. The smallest absolute Gasteiger partial charge is 0.251 e. The van der Waals surface area contributed by atoms with Gasteiger partial charge in [0.25, 0.3) is 5.91 Å². The van der Waals surface area contributed by atoms with Crippen molar-refractivity contribution in [1.29, 1.82) is 0 Å². The van der Waals surface area contributed by atoms with Crippen molar-refractivity contribution in [2.75, 3.05) is 17.3 Å². The van der Waals surface area contributed by atoms with Crippen LogP contribution in [0.25, 0.3) is 11.3 Å². The molecule has 0 bridgehead atoms. The van der Waals surface area contributed by atoms with Crippen LogP contribution in [-0.4, -0.2) is 41.1 Å². The average Bonchev–Trinajstić information content (AvgIpc) is 3.25. The Morgan fingerprint density at radius 3 is 2.53 bits per heavy atom. The van der Waals surface area contributed by atoms with Crippen LogP contribution in [-0.2, 0) is 4.79 Å². The van der Waals surface area contributed by atoms with Crippen molar-refractivity contribution in [2.24, 2.45) is 0 Å². The van der Waals surface area contributed by atoms with Crippen LogP contribution in [0, 0.1) is 0 Å². The van der Waals surface area contributed by atoms with Crippen LogP contribution in [0.4, 0.5) is 5.13 Å². The summed E-state index contributed by atoms with van der Waals surface area (Å²) in [6.07, 6.45) is 3.15. The Kier molecular flexibility index (Phi) is 7.75. The largest absolute Gasteiger partial charge is 0.340 e. The maximum Gasteiger partial charge on any atom is 0.251 e. The quantitative estimate of drug-likeness (QED) is 0.490. The molecule has 0 aliphatic rings. The Morgan fingerprint density at radius 2 is 1.87 bits per heavy atom. The summed E-state index contributed by atoms with van der Waals surface area (Å²) in [6.45, 7) is 0. The number of nitrogens with zero attached hydrogens (tertiary/aromatic N) is 1. The lowest BCUT2D eigenvalue weighted by atomic mass is 10.1. The molecule has 0 aliphatic carbocycles. The van der Waals surface area contributed by atoms with E-state index in [0.29, 0.717) is 29.0 Å². The van der Waals surface area contributed by atoms with Gasteiger partial charge in [0.2, 0.25) is 5.91 Å². The van der Waals surface area contributed by atoms with E-state index in [4.69, 9.17) is 0 Å². The summed E-state index contributed by atoms with van der Waals surface area (Å²) in [5.74, 6) is 0.0453. The summed E-state index contributed by atoms with van der Waals surface area (Å²) in [4.78, 5) is 40.6. The molecule has 0 fully saturated rings. The fraction of sp³-hybridized carbons (Fsp3) is 0.182. The minimum atomic E-state index is -0.695. The van der Waals surface area contributed by atoms with Gasteiger partial charge in [-0.05, 0) is 30.6 Å². The van der Waals surface area contributed by atoms with Gasteiger partial charge in [-0.15, -0.1) is 11.3 Å². The van der Waals surface area contributed by atoms with Gasteiger partial charge in [-0.3, -0.25) is 14.4 Å². The summed E-state index contributed by atoms with van der Waals surface area (Å²) in [6, 6.07) is 15.3. The average molecular weight is 440 g/mol. The summed E-state index contributed by atoms with van der Waals surface area (Å²) in [5.41, 5.74) is 2.64. The van der Waals surface area contributed by atoms with Gasteiger partial charge in [0.15, 0.2) is 5.13 Å². The van der Waals surface area contributed by atoms with Crippen LogP contribution >= 0.6 is 23.1 Å². The predicted octanol–water partition coefficient (Wildman–Crippen LogP) is 4.11. The molecule has 0 saturated heterocycles. The zero-order chi connectivity index (χ0) is 21.3. The third-order valence-corrected chi connectivity index (χ3v) is 5.75. The zero-order valence-corrected chi connectivity index (χ0v) is 18.0. The molecular formula is C22H21N3O3S2. The van der Waals surface area contributed by atoms with Gasteiger partial charge >= 0.3 is 0 Å². The number of amides is 2.